The van der Waals surface area contributed by atoms with E-state index in [1.807, 2.05) is 50.2 Å². The van der Waals surface area contributed by atoms with Crippen LogP contribution in [0.3, 0.4) is 0 Å². The van der Waals surface area contributed by atoms with Gasteiger partial charge in [0, 0.05) is 20.0 Å². The maximum atomic E-state index is 13.7. The molecule has 2 saturated heterocycles. The van der Waals surface area contributed by atoms with Crippen molar-refractivity contribution in [1.29, 1.82) is 5.26 Å². The number of amides is 2. The van der Waals surface area contributed by atoms with Crippen molar-refractivity contribution in [2.75, 3.05) is 13.6 Å². The normalized spacial score (nSPS) is 31.1. The Labute approximate surface area is 245 Å². The minimum absolute atomic E-state index is 0.00410. The van der Waals surface area contributed by atoms with Crippen LogP contribution in [0.5, 0.6) is 0 Å². The molecule has 41 heavy (non-hydrogen) atoms. The third-order valence-corrected chi connectivity index (χ3v) is 10.2. The summed E-state index contributed by atoms with van der Waals surface area (Å²) in [7, 11) is 1.13. The van der Waals surface area contributed by atoms with Crippen LogP contribution in [0.1, 0.15) is 72.3 Å². The number of likely N-dealkylation sites (tertiary alicyclic amines) is 1. The van der Waals surface area contributed by atoms with Gasteiger partial charge in [0.15, 0.2) is 6.23 Å². The molecule has 0 radical (unpaired) electrons. The molecular weight excluding hydrogens is 517 g/mol. The third-order valence-electron chi connectivity index (χ3n) is 10.2. The molecule has 2 heterocycles. The van der Waals surface area contributed by atoms with Crippen LogP contribution in [0.15, 0.2) is 42.0 Å². The minimum atomic E-state index is -0.731. The molecule has 5 fully saturated rings. The summed E-state index contributed by atoms with van der Waals surface area (Å²) < 4.78 is 19.4. The van der Waals surface area contributed by atoms with Gasteiger partial charge < -0.3 is 23.8 Å². The Balaban J connectivity index is 1.35. The number of allylic oxidation sites excluding steroid dienone is 1. The monoisotopic (exact) mass is 561 g/mol. The standard InChI is InChI=1S/C32H44BN3O5/c1-21(2)16-23(20-34)29(37)36-15-11-10-14-28(36)39-30(38)35(6)27(17-22-12-8-7-9-13-22)33-40-26-19-24-18-25(31(24,3)4)32(26,5)41-33/h7-9,12-13,16,21,24-28H,10-11,14-15,17-19H2,1-6H3/t24-,25-,26+,27-,28+,32-/m0/s1. The molecule has 5 aliphatic rings. The largest absolute Gasteiger partial charge is 0.482 e. The van der Waals surface area contributed by atoms with Crippen LogP contribution in [-0.4, -0.2) is 66.4 Å². The molecular formula is C32H44BN3O5. The van der Waals surface area contributed by atoms with Crippen LogP contribution < -0.4 is 0 Å². The molecule has 9 heteroatoms. The average molecular weight is 562 g/mol. The lowest BCUT2D eigenvalue weighted by Crippen LogP contribution is -2.65. The summed E-state index contributed by atoms with van der Waals surface area (Å²) in [5.41, 5.74) is 0.974. The predicted molar refractivity (Wildman–Crippen MR) is 156 cm³/mol. The summed E-state index contributed by atoms with van der Waals surface area (Å²) in [5, 5.41) is 9.62. The molecule has 3 aliphatic carbocycles. The van der Waals surface area contributed by atoms with Gasteiger partial charge in [-0.15, -0.1) is 0 Å². The molecule has 1 aromatic carbocycles. The molecule has 0 aromatic heterocycles. The lowest BCUT2D eigenvalue weighted by molar-refractivity contribution is -0.199. The number of nitriles is 1. The minimum Gasteiger partial charge on any atom is -0.425 e. The molecule has 3 saturated carbocycles. The first-order valence-electron chi connectivity index (χ1n) is 15.2. The fourth-order valence-electron chi connectivity index (χ4n) is 7.57. The van der Waals surface area contributed by atoms with E-state index in [2.05, 4.69) is 20.8 Å². The number of ether oxygens (including phenoxy) is 1. The number of rotatable bonds is 7. The van der Waals surface area contributed by atoms with Crippen LogP contribution in [0.4, 0.5) is 4.79 Å². The highest BCUT2D eigenvalue weighted by atomic mass is 16.7. The van der Waals surface area contributed by atoms with Crippen molar-refractivity contribution in [3.63, 3.8) is 0 Å². The van der Waals surface area contributed by atoms with Crippen LogP contribution in [0.2, 0.25) is 0 Å². The van der Waals surface area contributed by atoms with Crippen molar-refractivity contribution >= 4 is 19.1 Å². The van der Waals surface area contributed by atoms with Gasteiger partial charge in [-0.2, -0.15) is 5.26 Å². The molecule has 2 aliphatic heterocycles. The second-order valence-corrected chi connectivity index (χ2v) is 13.5. The molecule has 2 amide bonds. The highest BCUT2D eigenvalue weighted by Gasteiger charge is 2.68. The van der Waals surface area contributed by atoms with Gasteiger partial charge in [0.25, 0.3) is 5.91 Å². The summed E-state index contributed by atoms with van der Waals surface area (Å²) in [6.45, 7) is 11.1. The Bertz CT molecular complexity index is 1210. The second kappa shape index (κ2) is 11.5. The van der Waals surface area contributed by atoms with Gasteiger partial charge in [0.2, 0.25) is 0 Å². The number of piperidine rings is 1. The molecule has 2 bridgehead atoms. The van der Waals surface area contributed by atoms with Gasteiger partial charge in [0.05, 0.1) is 17.6 Å². The lowest BCUT2D eigenvalue weighted by Gasteiger charge is -2.64. The molecule has 220 valence electrons. The fourth-order valence-corrected chi connectivity index (χ4v) is 7.57. The number of benzene rings is 1. The molecule has 8 nitrogen and oxygen atoms in total. The Morgan fingerprint density at radius 3 is 2.61 bits per heavy atom. The van der Waals surface area contributed by atoms with Crippen molar-refractivity contribution in [3.05, 3.63) is 47.5 Å². The highest BCUT2D eigenvalue weighted by Crippen LogP contribution is 2.65. The maximum Gasteiger partial charge on any atom is 0.482 e. The molecule has 6 rings (SSSR count). The quantitative estimate of drug-likeness (QED) is 0.252. The number of carbonyl (C=O) groups excluding carboxylic acids is 2. The van der Waals surface area contributed by atoms with E-state index in [0.717, 1.165) is 31.2 Å². The van der Waals surface area contributed by atoms with Gasteiger partial charge in [-0.1, -0.05) is 64.1 Å². The van der Waals surface area contributed by atoms with E-state index in [4.69, 9.17) is 14.0 Å². The smallest absolute Gasteiger partial charge is 0.425 e. The van der Waals surface area contributed by atoms with Crippen LogP contribution in [0.25, 0.3) is 0 Å². The van der Waals surface area contributed by atoms with Gasteiger partial charge in [-0.05, 0) is 67.8 Å². The van der Waals surface area contributed by atoms with Crippen molar-refractivity contribution in [3.8, 4) is 6.07 Å². The fraction of sp³-hybridized carbons (Fsp3) is 0.656. The summed E-state index contributed by atoms with van der Waals surface area (Å²) in [5.74, 6) is 0.284. The van der Waals surface area contributed by atoms with Crippen molar-refractivity contribution < 1.29 is 23.6 Å². The summed E-state index contributed by atoms with van der Waals surface area (Å²) >= 11 is 0. The van der Waals surface area contributed by atoms with Gasteiger partial charge in [0.1, 0.15) is 11.6 Å². The summed E-state index contributed by atoms with van der Waals surface area (Å²) in [6, 6.07) is 12.1. The zero-order valence-electron chi connectivity index (χ0n) is 25.3. The van der Waals surface area contributed by atoms with E-state index in [9.17, 15) is 14.9 Å². The molecule has 0 spiro atoms. The van der Waals surface area contributed by atoms with Crippen molar-refractivity contribution in [2.24, 2.45) is 23.2 Å². The number of hydrogen-bond donors (Lipinski definition) is 0. The van der Waals surface area contributed by atoms with Gasteiger partial charge in [-0.3, -0.25) is 4.79 Å². The predicted octanol–water partition coefficient (Wildman–Crippen LogP) is 5.38. The zero-order valence-corrected chi connectivity index (χ0v) is 25.3. The Morgan fingerprint density at radius 1 is 1.22 bits per heavy atom. The third kappa shape index (κ3) is 5.53. The topological polar surface area (TPSA) is 92.1 Å². The van der Waals surface area contributed by atoms with E-state index in [-0.39, 0.29) is 28.9 Å². The molecule has 0 unspecified atom stereocenters. The first-order valence-corrected chi connectivity index (χ1v) is 15.2. The molecule has 6 atom stereocenters. The van der Waals surface area contributed by atoms with E-state index >= 15 is 0 Å². The van der Waals surface area contributed by atoms with Crippen molar-refractivity contribution in [1.82, 2.24) is 9.80 Å². The van der Waals surface area contributed by atoms with Crippen LogP contribution in [0, 0.1) is 34.5 Å². The number of carbonyl (C=O) groups is 2. The zero-order chi connectivity index (χ0) is 29.5. The SMILES string of the molecule is CC(C)C=C(C#N)C(=O)N1CCCC[C@H]1OC(=O)N(C)[C@@H](Cc1ccccc1)B1O[C@@H]2C[C@@H]3C[C@@H](C3(C)C)[C@]2(C)O1. The average Bonchev–Trinajstić information content (AvgIpc) is 3.31. The molecule has 1 aromatic rings. The number of likely N-dealkylation sites (N-methyl/N-ethyl adjacent to an activating group) is 1. The molecule has 0 N–H and O–H groups in total. The van der Waals surface area contributed by atoms with Crippen LogP contribution >= 0.6 is 0 Å². The van der Waals surface area contributed by atoms with E-state index in [0.29, 0.717) is 31.2 Å². The Kier molecular flexibility index (Phi) is 8.28. The van der Waals surface area contributed by atoms with Gasteiger partial charge in [-0.25, -0.2) is 4.79 Å². The Morgan fingerprint density at radius 2 is 1.95 bits per heavy atom. The van der Waals surface area contributed by atoms with E-state index < -0.39 is 31.0 Å². The Hall–Kier alpha value is -2.83. The van der Waals surface area contributed by atoms with E-state index in [1.165, 1.54) is 4.90 Å². The van der Waals surface area contributed by atoms with Crippen LogP contribution in [-0.2, 0) is 25.3 Å². The first-order chi connectivity index (χ1) is 19.5. The number of hydrogen-bond acceptors (Lipinski definition) is 6. The van der Waals surface area contributed by atoms with Crippen molar-refractivity contribution in [2.45, 2.75) is 97.0 Å². The summed E-state index contributed by atoms with van der Waals surface area (Å²) in [4.78, 5) is 30.1. The van der Waals surface area contributed by atoms with Gasteiger partial charge >= 0.3 is 13.2 Å². The second-order valence-electron chi connectivity index (χ2n) is 13.5. The lowest BCUT2D eigenvalue weighted by atomic mass is 9.43. The maximum absolute atomic E-state index is 13.7. The first kappa shape index (κ1) is 29.7. The highest BCUT2D eigenvalue weighted by molar-refractivity contribution is 6.47. The number of nitrogens with zero attached hydrogens (tertiary/aromatic N) is 3. The summed E-state index contributed by atoms with van der Waals surface area (Å²) in [6.07, 6.45) is 5.23. The van der Waals surface area contributed by atoms with E-state index in [1.54, 1.807) is 18.0 Å².